The van der Waals surface area contributed by atoms with E-state index in [1.54, 1.807) is 6.07 Å². The van der Waals surface area contributed by atoms with E-state index >= 15 is 0 Å². The Hall–Kier alpha value is -2.28. The summed E-state index contributed by atoms with van der Waals surface area (Å²) >= 11 is 0. The smallest absolute Gasteiger partial charge is 0.226 e. The molecule has 86 valence electrons. The summed E-state index contributed by atoms with van der Waals surface area (Å²) in [6, 6.07) is 2.77. The van der Waals surface area contributed by atoms with Gasteiger partial charge in [0.2, 0.25) is 5.89 Å². The van der Waals surface area contributed by atoms with Crippen LogP contribution in [0, 0.1) is 5.82 Å². The third-order valence-corrected chi connectivity index (χ3v) is 2.27. The molecule has 0 atom stereocenters. The average Bonchev–Trinajstić information content (AvgIpc) is 2.97. The summed E-state index contributed by atoms with van der Waals surface area (Å²) in [7, 11) is 0. The van der Waals surface area contributed by atoms with E-state index in [2.05, 4.69) is 19.9 Å². The van der Waals surface area contributed by atoms with Gasteiger partial charge in [-0.1, -0.05) is 0 Å². The monoisotopic (exact) mass is 235 g/mol. The van der Waals surface area contributed by atoms with Gasteiger partial charge >= 0.3 is 0 Å². The number of oxazole rings is 1. The van der Waals surface area contributed by atoms with Gasteiger partial charge in [-0.15, -0.1) is 0 Å². The van der Waals surface area contributed by atoms with Gasteiger partial charge in [0.1, 0.15) is 17.9 Å². The predicted molar refractivity (Wildman–Crippen MR) is 53.2 cm³/mol. The Bertz CT molecular complexity index is 676. The maximum atomic E-state index is 13.6. The van der Waals surface area contributed by atoms with Gasteiger partial charge in [0.25, 0.3) is 0 Å². The zero-order valence-corrected chi connectivity index (χ0v) is 8.42. The molecular weight excluding hydrogens is 229 g/mol. The molecule has 0 fully saturated rings. The minimum absolute atomic E-state index is 0.0580. The lowest BCUT2D eigenvalue weighted by Gasteiger charge is -1.95. The molecule has 0 aliphatic carbocycles. The molecule has 0 aliphatic heterocycles. The predicted octanol–water partition coefficient (Wildman–Crippen LogP) is 1.51. The van der Waals surface area contributed by atoms with Crippen LogP contribution in [0.5, 0.6) is 0 Å². The zero-order chi connectivity index (χ0) is 11.8. The van der Waals surface area contributed by atoms with Crippen molar-refractivity contribution in [2.45, 2.75) is 6.61 Å². The summed E-state index contributed by atoms with van der Waals surface area (Å²) in [5.41, 5.74) is 0.747. The van der Waals surface area contributed by atoms with Gasteiger partial charge < -0.3 is 9.52 Å². The first kappa shape index (κ1) is 9.91. The van der Waals surface area contributed by atoms with Crippen LogP contribution in [0.25, 0.3) is 22.5 Å². The third-order valence-electron chi connectivity index (χ3n) is 2.27. The van der Waals surface area contributed by atoms with Crippen molar-refractivity contribution in [2.75, 3.05) is 0 Å². The minimum atomic E-state index is -0.567. The maximum Gasteiger partial charge on any atom is 0.226 e. The fourth-order valence-corrected chi connectivity index (χ4v) is 1.49. The number of fused-ring (bicyclic) bond motifs is 1. The molecule has 0 aliphatic rings. The van der Waals surface area contributed by atoms with Gasteiger partial charge in [0, 0.05) is 5.56 Å². The van der Waals surface area contributed by atoms with E-state index < -0.39 is 5.82 Å². The van der Waals surface area contributed by atoms with E-state index in [1.165, 1.54) is 12.3 Å². The number of hydrogen-bond donors (Lipinski definition) is 1. The lowest BCUT2D eigenvalue weighted by atomic mass is 10.2. The van der Waals surface area contributed by atoms with Crippen molar-refractivity contribution in [1.82, 2.24) is 15.3 Å². The van der Waals surface area contributed by atoms with E-state index in [-0.39, 0.29) is 23.5 Å². The van der Waals surface area contributed by atoms with Gasteiger partial charge in [-0.25, -0.2) is 14.0 Å². The number of rotatable bonds is 2. The highest BCUT2D eigenvalue weighted by Crippen LogP contribution is 2.24. The quantitative estimate of drug-likeness (QED) is 0.724. The molecule has 0 saturated carbocycles. The fourth-order valence-electron chi connectivity index (χ4n) is 1.49. The van der Waals surface area contributed by atoms with Crippen LogP contribution in [0.15, 0.2) is 27.4 Å². The number of hydrogen-bond acceptors (Lipinski definition) is 6. The van der Waals surface area contributed by atoms with Crippen molar-refractivity contribution >= 4 is 11.0 Å². The molecule has 1 N–H and O–H groups in total. The van der Waals surface area contributed by atoms with Gasteiger partial charge in [0.05, 0.1) is 6.20 Å². The topological polar surface area (TPSA) is 85.2 Å². The molecule has 3 aromatic rings. The van der Waals surface area contributed by atoms with Crippen molar-refractivity contribution in [2.24, 2.45) is 0 Å². The van der Waals surface area contributed by atoms with Crippen molar-refractivity contribution in [1.29, 1.82) is 0 Å². The molecule has 2 aromatic heterocycles. The molecule has 6 nitrogen and oxygen atoms in total. The Morgan fingerprint density at radius 1 is 1.29 bits per heavy atom. The minimum Gasteiger partial charge on any atom is -0.439 e. The number of halogens is 1. The Morgan fingerprint density at radius 2 is 2.18 bits per heavy atom. The van der Waals surface area contributed by atoms with Crippen LogP contribution in [0.1, 0.15) is 5.76 Å². The Kier molecular flexibility index (Phi) is 2.12. The first-order valence-corrected chi connectivity index (χ1v) is 4.75. The third kappa shape index (κ3) is 1.56. The van der Waals surface area contributed by atoms with E-state index in [0.29, 0.717) is 11.3 Å². The molecule has 0 amide bonds. The molecule has 0 saturated heterocycles. The second-order valence-electron chi connectivity index (χ2n) is 3.38. The van der Waals surface area contributed by atoms with E-state index in [1.807, 2.05) is 0 Å². The summed E-state index contributed by atoms with van der Waals surface area (Å²) in [5.74, 6) is -0.0564. The molecule has 0 radical (unpaired) electrons. The summed E-state index contributed by atoms with van der Waals surface area (Å²) in [4.78, 5) is 3.92. The van der Waals surface area contributed by atoms with Gasteiger partial charge in [-0.3, -0.25) is 0 Å². The fraction of sp³-hybridized carbons (Fsp3) is 0.100. The first-order chi connectivity index (χ1) is 8.28. The number of aliphatic hydroxyl groups is 1. The number of aliphatic hydroxyl groups excluding tert-OH is 1. The lowest BCUT2D eigenvalue weighted by Crippen LogP contribution is -1.83. The molecule has 17 heavy (non-hydrogen) atoms. The van der Waals surface area contributed by atoms with Crippen LogP contribution in [-0.2, 0) is 6.61 Å². The SMILES string of the molecule is OCc1cnc(-c2cc(F)c3nonc3c2)o1. The van der Waals surface area contributed by atoms with Gasteiger partial charge in [-0.2, -0.15) is 0 Å². The molecular formula is C10H6FN3O3. The Balaban J connectivity index is 2.16. The van der Waals surface area contributed by atoms with Crippen LogP contribution in [0.4, 0.5) is 4.39 Å². The molecule has 1 aromatic carbocycles. The van der Waals surface area contributed by atoms with Crippen LogP contribution in [-0.4, -0.2) is 20.4 Å². The second kappa shape index (κ2) is 3.63. The van der Waals surface area contributed by atoms with E-state index in [9.17, 15) is 4.39 Å². The highest BCUT2D eigenvalue weighted by Gasteiger charge is 2.13. The first-order valence-electron chi connectivity index (χ1n) is 4.75. The van der Waals surface area contributed by atoms with Crippen molar-refractivity contribution in [3.8, 4) is 11.5 Å². The largest absolute Gasteiger partial charge is 0.439 e. The van der Waals surface area contributed by atoms with E-state index in [0.717, 1.165) is 0 Å². The molecule has 3 rings (SSSR count). The van der Waals surface area contributed by atoms with Crippen molar-refractivity contribution in [3.05, 3.63) is 29.9 Å². The van der Waals surface area contributed by atoms with Crippen LogP contribution in [0.3, 0.4) is 0 Å². The van der Waals surface area contributed by atoms with Crippen molar-refractivity contribution < 1.29 is 18.5 Å². The summed E-state index contributed by atoms with van der Waals surface area (Å²) in [5, 5.41) is 15.8. The summed E-state index contributed by atoms with van der Waals surface area (Å²) < 4.78 is 23.2. The van der Waals surface area contributed by atoms with Gasteiger partial charge in [0.15, 0.2) is 11.3 Å². The normalized spacial score (nSPS) is 11.2. The Labute approximate surface area is 93.6 Å². The van der Waals surface area contributed by atoms with Crippen LogP contribution >= 0.6 is 0 Å². The van der Waals surface area contributed by atoms with Crippen molar-refractivity contribution in [3.63, 3.8) is 0 Å². The van der Waals surface area contributed by atoms with Crippen LogP contribution < -0.4 is 0 Å². The molecule has 2 heterocycles. The number of benzene rings is 1. The van der Waals surface area contributed by atoms with Gasteiger partial charge in [-0.05, 0) is 22.4 Å². The number of nitrogens with zero attached hydrogens (tertiary/aromatic N) is 3. The highest BCUT2D eigenvalue weighted by molar-refractivity contribution is 5.79. The Morgan fingerprint density at radius 3 is 2.94 bits per heavy atom. The second-order valence-corrected chi connectivity index (χ2v) is 3.38. The van der Waals surface area contributed by atoms with Crippen LogP contribution in [0.2, 0.25) is 0 Å². The maximum absolute atomic E-state index is 13.6. The molecule has 0 unspecified atom stereocenters. The lowest BCUT2D eigenvalue weighted by molar-refractivity contribution is 0.248. The average molecular weight is 235 g/mol. The summed E-state index contributed by atoms with van der Waals surface area (Å²) in [6.07, 6.45) is 1.37. The van der Waals surface area contributed by atoms with E-state index in [4.69, 9.17) is 9.52 Å². The number of aromatic nitrogens is 3. The molecule has 7 heteroatoms. The highest BCUT2D eigenvalue weighted by atomic mass is 19.1. The molecule has 0 bridgehead atoms. The summed E-state index contributed by atoms with van der Waals surface area (Å²) in [6.45, 7) is -0.261. The standard InChI is InChI=1S/C10H6FN3O3/c11-7-1-5(2-8-9(7)14-17-13-8)10-12-3-6(4-15)16-10/h1-3,15H,4H2. The molecule has 0 spiro atoms. The zero-order valence-electron chi connectivity index (χ0n) is 8.42.